The lowest BCUT2D eigenvalue weighted by Gasteiger charge is -2.39. The van der Waals surface area contributed by atoms with Crippen molar-refractivity contribution in [3.63, 3.8) is 0 Å². The minimum absolute atomic E-state index is 0.0929. The minimum Gasteiger partial charge on any atom is -0.382 e. The molecule has 0 bridgehead atoms. The fourth-order valence-corrected chi connectivity index (χ4v) is 6.71. The predicted molar refractivity (Wildman–Crippen MR) is 160 cm³/mol. The van der Waals surface area contributed by atoms with Crippen LogP contribution in [0.15, 0.2) is 47.4 Å². The van der Waals surface area contributed by atoms with E-state index in [2.05, 4.69) is 27.4 Å². The molecular weight excluding hydrogens is 589 g/mol. The molecule has 1 aromatic heterocycles. The first-order valence-corrected chi connectivity index (χ1v) is 16.2. The van der Waals surface area contributed by atoms with E-state index in [1.165, 1.54) is 22.8 Å². The second-order valence-corrected chi connectivity index (χ2v) is 13.3. The van der Waals surface area contributed by atoms with Crippen LogP contribution in [0.3, 0.4) is 0 Å². The molecule has 0 spiro atoms. The fraction of sp³-hybridized carbons (Fsp3) is 0.467. The number of halogens is 4. The van der Waals surface area contributed by atoms with Gasteiger partial charge in [-0.3, -0.25) is 4.90 Å². The van der Waals surface area contributed by atoms with Crippen LogP contribution in [-0.2, 0) is 21.1 Å². The number of morpholine rings is 1. The van der Waals surface area contributed by atoms with Crippen LogP contribution < -0.4 is 10.6 Å². The van der Waals surface area contributed by atoms with Crippen LogP contribution in [0.5, 0.6) is 0 Å². The second-order valence-electron chi connectivity index (χ2n) is 10.8. The lowest BCUT2D eigenvalue weighted by atomic mass is 9.89. The van der Waals surface area contributed by atoms with Gasteiger partial charge in [-0.2, -0.15) is 13.2 Å². The third-order valence-electron chi connectivity index (χ3n) is 7.85. The minimum atomic E-state index is -4.42. The molecule has 12 heteroatoms. The number of hydrogen-bond acceptors (Lipinski definition) is 6. The SMILES string of the molecule is CS(=O)(=O)c1ccc(NCC#Cc2cc3c(N[C@H]4CC[C@@H](N5CCOCC5)CC4)cccc3n2CC(F)(F)F)c(Cl)c1. The molecule has 2 fully saturated rings. The number of sulfone groups is 1. The third-order valence-corrected chi connectivity index (χ3v) is 9.28. The van der Waals surface area contributed by atoms with Gasteiger partial charge in [0.2, 0.25) is 0 Å². The van der Waals surface area contributed by atoms with Crippen LogP contribution in [0.2, 0.25) is 5.02 Å². The first-order chi connectivity index (χ1) is 20.0. The van der Waals surface area contributed by atoms with E-state index in [4.69, 9.17) is 16.3 Å². The van der Waals surface area contributed by atoms with Crippen LogP contribution >= 0.6 is 11.6 Å². The molecule has 2 aromatic carbocycles. The molecule has 5 rings (SSSR count). The van der Waals surface area contributed by atoms with Gasteiger partial charge in [0.05, 0.1) is 46.6 Å². The third kappa shape index (κ3) is 7.53. The number of nitrogens with one attached hydrogen (secondary N) is 2. The van der Waals surface area contributed by atoms with Crippen molar-refractivity contribution in [1.29, 1.82) is 0 Å². The van der Waals surface area contributed by atoms with Gasteiger partial charge >= 0.3 is 6.18 Å². The molecule has 226 valence electrons. The first kappa shape index (κ1) is 30.5. The average molecular weight is 623 g/mol. The van der Waals surface area contributed by atoms with Crippen LogP contribution in [0.4, 0.5) is 24.5 Å². The van der Waals surface area contributed by atoms with Gasteiger partial charge in [0.1, 0.15) is 6.54 Å². The summed E-state index contributed by atoms with van der Waals surface area (Å²) in [6.07, 6.45) is 0.814. The molecule has 0 atom stereocenters. The summed E-state index contributed by atoms with van der Waals surface area (Å²) in [4.78, 5) is 2.60. The zero-order chi connectivity index (χ0) is 29.9. The molecule has 2 aliphatic rings. The summed E-state index contributed by atoms with van der Waals surface area (Å²) in [6.45, 7) is 2.45. The van der Waals surface area contributed by atoms with Crippen molar-refractivity contribution in [2.75, 3.05) is 49.7 Å². The molecule has 1 aliphatic carbocycles. The summed E-state index contributed by atoms with van der Waals surface area (Å²) in [7, 11) is -3.40. The maximum absolute atomic E-state index is 13.6. The maximum atomic E-state index is 13.6. The normalized spacial score (nSPS) is 20.2. The zero-order valence-corrected chi connectivity index (χ0v) is 24.9. The van der Waals surface area contributed by atoms with Gasteiger partial charge in [0, 0.05) is 42.5 Å². The summed E-state index contributed by atoms with van der Waals surface area (Å²) in [5.41, 5.74) is 2.01. The molecule has 0 unspecified atom stereocenters. The Hall–Kier alpha value is -2.91. The largest absolute Gasteiger partial charge is 0.406 e. The number of anilines is 2. The molecule has 1 aliphatic heterocycles. The van der Waals surface area contributed by atoms with Crippen LogP contribution in [0, 0.1) is 11.8 Å². The number of hydrogen-bond donors (Lipinski definition) is 2. The number of benzene rings is 2. The highest BCUT2D eigenvalue weighted by atomic mass is 35.5. The van der Waals surface area contributed by atoms with Crippen LogP contribution in [0.25, 0.3) is 10.9 Å². The second kappa shape index (κ2) is 12.8. The van der Waals surface area contributed by atoms with E-state index in [0.717, 1.165) is 63.9 Å². The lowest BCUT2D eigenvalue weighted by Crippen LogP contribution is -2.46. The Bertz CT molecular complexity index is 1580. The molecule has 0 amide bonds. The number of aromatic nitrogens is 1. The molecule has 3 aromatic rings. The quantitative estimate of drug-likeness (QED) is 0.326. The average Bonchev–Trinajstić information content (AvgIpc) is 3.28. The van der Waals surface area contributed by atoms with Crippen LogP contribution in [0.1, 0.15) is 31.4 Å². The molecule has 42 heavy (non-hydrogen) atoms. The van der Waals surface area contributed by atoms with Crippen molar-refractivity contribution in [3.8, 4) is 11.8 Å². The highest BCUT2D eigenvalue weighted by Gasteiger charge is 2.31. The van der Waals surface area contributed by atoms with E-state index in [1.54, 1.807) is 18.2 Å². The predicted octanol–water partition coefficient (Wildman–Crippen LogP) is 5.78. The number of alkyl halides is 3. The Balaban J connectivity index is 1.32. The maximum Gasteiger partial charge on any atom is 0.406 e. The van der Waals surface area contributed by atoms with Crippen molar-refractivity contribution in [3.05, 3.63) is 53.2 Å². The molecule has 2 heterocycles. The van der Waals surface area contributed by atoms with Crippen LogP contribution in [-0.4, -0.2) is 75.2 Å². The first-order valence-electron chi connectivity index (χ1n) is 14.0. The van der Waals surface area contributed by atoms with E-state index in [0.29, 0.717) is 22.6 Å². The van der Waals surface area contributed by atoms with Gasteiger partial charge in [-0.05, 0) is 68.0 Å². The number of ether oxygens (including phenoxy) is 1. The summed E-state index contributed by atoms with van der Waals surface area (Å²) in [5.74, 6) is 5.78. The molecular formula is C30H34ClF3N4O3S. The van der Waals surface area contributed by atoms with Gasteiger partial charge in [-0.15, -0.1) is 0 Å². The van der Waals surface area contributed by atoms with E-state index in [9.17, 15) is 21.6 Å². The Kier molecular flexibility index (Phi) is 9.28. The van der Waals surface area contributed by atoms with Gasteiger partial charge in [-0.1, -0.05) is 23.6 Å². The number of fused-ring (bicyclic) bond motifs is 1. The Morgan fingerprint density at radius 2 is 1.79 bits per heavy atom. The monoisotopic (exact) mass is 622 g/mol. The van der Waals surface area contributed by atoms with Gasteiger partial charge in [0.15, 0.2) is 9.84 Å². The molecule has 2 N–H and O–H groups in total. The smallest absolute Gasteiger partial charge is 0.382 e. The Morgan fingerprint density at radius 1 is 1.05 bits per heavy atom. The number of rotatable bonds is 7. The van der Waals surface area contributed by atoms with Crippen molar-refractivity contribution in [2.45, 2.75) is 55.4 Å². The highest BCUT2D eigenvalue weighted by Crippen LogP contribution is 2.33. The molecule has 7 nitrogen and oxygen atoms in total. The van der Waals surface area contributed by atoms with E-state index >= 15 is 0 Å². The van der Waals surface area contributed by atoms with Gasteiger partial charge in [-0.25, -0.2) is 8.42 Å². The summed E-state index contributed by atoms with van der Waals surface area (Å²) in [5, 5.41) is 7.52. The van der Waals surface area contributed by atoms with Crippen molar-refractivity contribution >= 4 is 43.7 Å². The Morgan fingerprint density at radius 3 is 2.45 bits per heavy atom. The summed E-state index contributed by atoms with van der Waals surface area (Å²) in [6, 6.07) is 12.2. The lowest BCUT2D eigenvalue weighted by molar-refractivity contribution is -0.140. The molecule has 1 saturated heterocycles. The van der Waals surface area contributed by atoms with Gasteiger partial charge < -0.3 is 19.9 Å². The fourth-order valence-electron chi connectivity index (χ4n) is 5.76. The topological polar surface area (TPSA) is 75.6 Å². The van der Waals surface area contributed by atoms with Crippen molar-refractivity contribution in [2.24, 2.45) is 0 Å². The van der Waals surface area contributed by atoms with Crippen molar-refractivity contribution in [1.82, 2.24) is 9.47 Å². The van der Waals surface area contributed by atoms with E-state index < -0.39 is 22.6 Å². The number of nitrogens with zero attached hydrogens (tertiary/aromatic N) is 2. The standard InChI is InChI=1S/C30H34ClF3N4O3S/c1-42(39,40)24-11-12-28(26(31)19-24)35-13-3-4-23-18-25-27(5-2-6-29(25)38(23)20-30(32,33)34)36-21-7-9-22(10-8-21)37-14-16-41-17-15-37/h2,5-6,11-12,18-19,21-22,35-36H,7-10,13-17,20H2,1H3/t21-,22+. The zero-order valence-electron chi connectivity index (χ0n) is 23.3. The summed E-state index contributed by atoms with van der Waals surface area (Å²) >= 11 is 6.21. The Labute approximate surface area is 249 Å². The van der Waals surface area contributed by atoms with Gasteiger partial charge in [0.25, 0.3) is 0 Å². The summed E-state index contributed by atoms with van der Waals surface area (Å²) < 4.78 is 70.9. The molecule has 0 radical (unpaired) electrons. The van der Waals surface area contributed by atoms with E-state index in [1.807, 2.05) is 6.07 Å². The van der Waals surface area contributed by atoms with E-state index in [-0.39, 0.29) is 28.2 Å². The molecule has 1 saturated carbocycles. The van der Waals surface area contributed by atoms with Crippen molar-refractivity contribution < 1.29 is 26.3 Å². The highest BCUT2D eigenvalue weighted by molar-refractivity contribution is 7.90.